The summed E-state index contributed by atoms with van der Waals surface area (Å²) in [6.07, 6.45) is 0.817. The molecule has 0 aliphatic carbocycles. The third-order valence-corrected chi connectivity index (χ3v) is 4.19. The third-order valence-electron chi connectivity index (χ3n) is 2.34. The van der Waals surface area contributed by atoms with E-state index in [1.165, 1.54) is 4.90 Å². The molecule has 1 aromatic carbocycles. The van der Waals surface area contributed by atoms with Gasteiger partial charge in [-0.15, -0.1) is 11.8 Å². The van der Waals surface area contributed by atoms with Gasteiger partial charge in [0.25, 0.3) is 0 Å². The molecular weight excluding hydrogens is 286 g/mol. The van der Waals surface area contributed by atoms with Crippen LogP contribution in [0.3, 0.4) is 0 Å². The monoisotopic (exact) mass is 303 g/mol. The zero-order chi connectivity index (χ0) is 12.1. The molecule has 0 aliphatic heterocycles. The molecule has 2 atom stereocenters. The smallest absolute Gasteiger partial charge is 0.0441 e. The van der Waals surface area contributed by atoms with E-state index in [4.69, 9.17) is 10.8 Å². The maximum atomic E-state index is 8.85. The predicted molar refractivity (Wildman–Crippen MR) is 73.8 cm³/mol. The minimum atomic E-state index is 0.0447. The standard InChI is InChI=1S/C12H18BrNOS/c1-8(5-6-15)16-10-3-4-11(9(2)14)12(13)7-10/h3-4,7-9,15H,5-6,14H2,1-2H3/t8?,9-/m0/s1. The van der Waals surface area contributed by atoms with Crippen LogP contribution in [0, 0.1) is 0 Å². The molecule has 0 aliphatic rings. The van der Waals surface area contributed by atoms with E-state index in [9.17, 15) is 0 Å². The summed E-state index contributed by atoms with van der Waals surface area (Å²) in [6, 6.07) is 6.28. The molecule has 0 spiro atoms. The highest BCUT2D eigenvalue weighted by Crippen LogP contribution is 2.30. The third kappa shape index (κ3) is 4.09. The van der Waals surface area contributed by atoms with E-state index < -0.39 is 0 Å². The molecule has 16 heavy (non-hydrogen) atoms. The fourth-order valence-electron chi connectivity index (χ4n) is 1.42. The van der Waals surface area contributed by atoms with Crippen LogP contribution >= 0.6 is 27.7 Å². The molecule has 1 unspecified atom stereocenters. The topological polar surface area (TPSA) is 46.2 Å². The van der Waals surface area contributed by atoms with Crippen LogP contribution in [0.4, 0.5) is 0 Å². The van der Waals surface area contributed by atoms with Gasteiger partial charge in [-0.3, -0.25) is 0 Å². The summed E-state index contributed by atoms with van der Waals surface area (Å²) < 4.78 is 1.06. The van der Waals surface area contributed by atoms with Gasteiger partial charge in [0.15, 0.2) is 0 Å². The first-order valence-electron chi connectivity index (χ1n) is 5.37. The summed E-state index contributed by atoms with van der Waals surface area (Å²) in [5.74, 6) is 0. The Bertz CT molecular complexity index is 344. The van der Waals surface area contributed by atoms with Crippen molar-refractivity contribution in [3.63, 3.8) is 0 Å². The Morgan fingerprint density at radius 1 is 1.44 bits per heavy atom. The second-order valence-corrected chi connectivity index (χ2v) is 6.28. The van der Waals surface area contributed by atoms with E-state index in [0.29, 0.717) is 5.25 Å². The summed E-state index contributed by atoms with van der Waals surface area (Å²) in [6.45, 7) is 4.34. The van der Waals surface area contributed by atoms with Crippen LogP contribution in [0.5, 0.6) is 0 Å². The molecule has 0 bridgehead atoms. The van der Waals surface area contributed by atoms with Crippen LogP contribution in [0.1, 0.15) is 31.9 Å². The first-order valence-corrected chi connectivity index (χ1v) is 7.04. The van der Waals surface area contributed by atoms with E-state index in [0.717, 1.165) is 16.5 Å². The number of aliphatic hydroxyl groups is 1. The second kappa shape index (κ2) is 6.64. The Balaban J connectivity index is 2.73. The molecule has 2 nitrogen and oxygen atoms in total. The average Bonchev–Trinajstić information content (AvgIpc) is 2.17. The Labute approximate surface area is 110 Å². The molecule has 0 fully saturated rings. The highest BCUT2D eigenvalue weighted by Gasteiger charge is 2.08. The number of halogens is 1. The van der Waals surface area contributed by atoms with E-state index in [2.05, 4.69) is 41.1 Å². The van der Waals surface area contributed by atoms with Gasteiger partial charge in [0, 0.05) is 27.3 Å². The molecule has 0 radical (unpaired) electrons. The zero-order valence-corrected chi connectivity index (χ0v) is 12.0. The number of hydrogen-bond donors (Lipinski definition) is 2. The van der Waals surface area contributed by atoms with Gasteiger partial charge < -0.3 is 10.8 Å². The van der Waals surface area contributed by atoms with Crippen molar-refractivity contribution < 1.29 is 5.11 Å². The van der Waals surface area contributed by atoms with Crippen molar-refractivity contribution in [2.24, 2.45) is 5.73 Å². The van der Waals surface area contributed by atoms with Gasteiger partial charge in [-0.2, -0.15) is 0 Å². The van der Waals surface area contributed by atoms with Crippen molar-refractivity contribution in [3.05, 3.63) is 28.2 Å². The largest absolute Gasteiger partial charge is 0.396 e. The average molecular weight is 304 g/mol. The van der Waals surface area contributed by atoms with Gasteiger partial charge in [0.2, 0.25) is 0 Å². The van der Waals surface area contributed by atoms with E-state index in [1.807, 2.05) is 6.92 Å². The number of rotatable bonds is 5. The highest BCUT2D eigenvalue weighted by atomic mass is 79.9. The number of hydrogen-bond acceptors (Lipinski definition) is 3. The quantitative estimate of drug-likeness (QED) is 0.820. The lowest BCUT2D eigenvalue weighted by atomic mass is 10.1. The van der Waals surface area contributed by atoms with Crippen LogP contribution in [0.15, 0.2) is 27.6 Å². The fourth-order valence-corrected chi connectivity index (χ4v) is 3.34. The van der Waals surface area contributed by atoms with E-state index in [1.54, 1.807) is 11.8 Å². The molecule has 4 heteroatoms. The normalized spacial score (nSPS) is 14.8. The molecule has 0 saturated heterocycles. The van der Waals surface area contributed by atoms with Crippen molar-refractivity contribution in [1.29, 1.82) is 0 Å². The molecule has 0 saturated carbocycles. The van der Waals surface area contributed by atoms with Crippen molar-refractivity contribution in [3.8, 4) is 0 Å². The second-order valence-electron chi connectivity index (χ2n) is 3.91. The summed E-state index contributed by atoms with van der Waals surface area (Å²) in [7, 11) is 0. The Morgan fingerprint density at radius 3 is 2.62 bits per heavy atom. The molecule has 1 rings (SSSR count). The summed E-state index contributed by atoms with van der Waals surface area (Å²) >= 11 is 5.31. The zero-order valence-electron chi connectivity index (χ0n) is 9.61. The van der Waals surface area contributed by atoms with Crippen molar-refractivity contribution in [2.75, 3.05) is 6.61 Å². The van der Waals surface area contributed by atoms with Gasteiger partial charge in [-0.05, 0) is 31.0 Å². The van der Waals surface area contributed by atoms with E-state index >= 15 is 0 Å². The minimum absolute atomic E-state index is 0.0447. The lowest BCUT2D eigenvalue weighted by Crippen LogP contribution is -2.05. The van der Waals surface area contributed by atoms with Crippen LogP contribution in [0.25, 0.3) is 0 Å². The molecule has 1 aromatic rings. The van der Waals surface area contributed by atoms with Gasteiger partial charge in [-0.25, -0.2) is 0 Å². The fraction of sp³-hybridized carbons (Fsp3) is 0.500. The lowest BCUT2D eigenvalue weighted by Gasteiger charge is -2.13. The highest BCUT2D eigenvalue weighted by molar-refractivity contribution is 9.10. The molecule has 3 N–H and O–H groups in total. The number of benzene rings is 1. The number of thioether (sulfide) groups is 1. The molecular formula is C12H18BrNOS. The number of aliphatic hydroxyl groups excluding tert-OH is 1. The molecule has 0 heterocycles. The van der Waals surface area contributed by atoms with Crippen LogP contribution in [0.2, 0.25) is 0 Å². The van der Waals surface area contributed by atoms with Crippen LogP contribution < -0.4 is 5.73 Å². The van der Waals surface area contributed by atoms with Crippen molar-refractivity contribution in [1.82, 2.24) is 0 Å². The Kier molecular flexibility index (Phi) is 5.83. The van der Waals surface area contributed by atoms with Gasteiger partial charge in [0.05, 0.1) is 0 Å². The molecule has 0 amide bonds. The summed E-state index contributed by atoms with van der Waals surface area (Å²) in [5.41, 5.74) is 6.97. The Morgan fingerprint density at radius 2 is 2.12 bits per heavy atom. The molecule has 0 aromatic heterocycles. The summed E-state index contributed by atoms with van der Waals surface area (Å²) in [4.78, 5) is 1.21. The van der Waals surface area contributed by atoms with E-state index in [-0.39, 0.29) is 12.6 Å². The summed E-state index contributed by atoms with van der Waals surface area (Å²) in [5, 5.41) is 9.28. The van der Waals surface area contributed by atoms with Gasteiger partial charge in [-0.1, -0.05) is 28.9 Å². The minimum Gasteiger partial charge on any atom is -0.396 e. The lowest BCUT2D eigenvalue weighted by molar-refractivity contribution is 0.289. The first-order chi connectivity index (χ1) is 7.54. The maximum Gasteiger partial charge on any atom is 0.0441 e. The first kappa shape index (κ1) is 14.0. The Hall–Kier alpha value is -0.0300. The predicted octanol–water partition coefficient (Wildman–Crippen LogP) is 3.33. The SMILES string of the molecule is CC(CCO)Sc1ccc([C@H](C)N)c(Br)c1. The van der Waals surface area contributed by atoms with Crippen molar-refractivity contribution >= 4 is 27.7 Å². The van der Waals surface area contributed by atoms with Gasteiger partial charge >= 0.3 is 0 Å². The number of nitrogens with two attached hydrogens (primary N) is 1. The molecule has 90 valence electrons. The maximum absolute atomic E-state index is 8.85. The van der Waals surface area contributed by atoms with Crippen LogP contribution in [-0.4, -0.2) is 17.0 Å². The van der Waals surface area contributed by atoms with Crippen molar-refractivity contribution in [2.45, 2.75) is 36.5 Å². The van der Waals surface area contributed by atoms with Gasteiger partial charge in [0.1, 0.15) is 0 Å². The van der Waals surface area contributed by atoms with Crippen LogP contribution in [-0.2, 0) is 0 Å².